The molecule has 0 bridgehead atoms. The van der Waals surface area contributed by atoms with Gasteiger partial charge in [0.2, 0.25) is 0 Å². The van der Waals surface area contributed by atoms with Crippen molar-refractivity contribution in [2.75, 3.05) is 39.5 Å². The monoisotopic (exact) mass is 433 g/mol. The number of ether oxygens (including phenoxy) is 1. The Labute approximate surface area is 190 Å². The zero-order valence-corrected chi connectivity index (χ0v) is 19.0. The fraction of sp³-hybridized carbons (Fsp3) is 0.481. The van der Waals surface area contributed by atoms with Crippen molar-refractivity contribution in [1.29, 1.82) is 0 Å². The molecule has 0 spiro atoms. The molecule has 0 aliphatic carbocycles. The lowest BCUT2D eigenvalue weighted by Crippen LogP contribution is -2.24. The van der Waals surface area contributed by atoms with Crippen LogP contribution in [0.25, 0.3) is 22.0 Å². The zero-order valence-electron chi connectivity index (χ0n) is 19.0. The van der Waals surface area contributed by atoms with Gasteiger partial charge in [0.05, 0.1) is 19.8 Å². The van der Waals surface area contributed by atoms with Gasteiger partial charge in [-0.25, -0.2) is 0 Å². The standard InChI is InChI=1S/C22H24N2O.C5H11NO/c1-15-7-19-9-18(5-6-22(19)23-15)17-4-2-3-16(8-17)10-24-11-20-13-25-14-21(20)12-24;7-4-5-2-1-3-6-5/h2-9,20-21,23H,10-14H2,1H3;5-7H,1-4H2. The number of hydrogen-bond acceptors (Lipinski definition) is 4. The van der Waals surface area contributed by atoms with Crippen LogP contribution in [0.5, 0.6) is 0 Å². The number of nitrogens with one attached hydrogen (secondary N) is 2. The molecule has 3 fully saturated rings. The van der Waals surface area contributed by atoms with E-state index >= 15 is 0 Å². The third kappa shape index (κ3) is 4.91. The summed E-state index contributed by atoms with van der Waals surface area (Å²) in [4.78, 5) is 5.99. The van der Waals surface area contributed by atoms with E-state index in [4.69, 9.17) is 9.84 Å². The number of aromatic nitrogens is 1. The third-order valence-electron chi connectivity index (χ3n) is 7.12. The van der Waals surface area contributed by atoms with E-state index < -0.39 is 0 Å². The summed E-state index contributed by atoms with van der Waals surface area (Å²) in [5.41, 5.74) is 6.43. The van der Waals surface area contributed by atoms with Crippen molar-refractivity contribution < 1.29 is 9.84 Å². The van der Waals surface area contributed by atoms with Crippen LogP contribution < -0.4 is 5.32 Å². The summed E-state index contributed by atoms with van der Waals surface area (Å²) >= 11 is 0. The highest BCUT2D eigenvalue weighted by Gasteiger charge is 2.36. The Bertz CT molecular complexity index is 1030. The Kier molecular flexibility index (Phi) is 6.60. The Morgan fingerprint density at radius 1 is 1.03 bits per heavy atom. The number of nitrogens with zero attached hydrogens (tertiary/aromatic N) is 1. The Morgan fingerprint density at radius 2 is 1.84 bits per heavy atom. The van der Waals surface area contributed by atoms with Crippen molar-refractivity contribution in [2.24, 2.45) is 11.8 Å². The van der Waals surface area contributed by atoms with E-state index in [1.165, 1.54) is 52.8 Å². The van der Waals surface area contributed by atoms with E-state index in [2.05, 4.69) is 70.7 Å². The molecule has 4 heterocycles. The van der Waals surface area contributed by atoms with Crippen LogP contribution in [0, 0.1) is 18.8 Å². The number of benzene rings is 2. The summed E-state index contributed by atoms with van der Waals surface area (Å²) < 4.78 is 5.59. The maximum absolute atomic E-state index is 8.50. The summed E-state index contributed by atoms with van der Waals surface area (Å²) in [6, 6.07) is 18.3. The molecule has 3 aliphatic heterocycles. The number of aryl methyl sites for hydroxylation is 1. The molecule has 0 radical (unpaired) electrons. The first kappa shape index (κ1) is 21.7. The van der Waals surface area contributed by atoms with E-state index in [9.17, 15) is 0 Å². The van der Waals surface area contributed by atoms with Gasteiger partial charge in [0.1, 0.15) is 0 Å². The van der Waals surface area contributed by atoms with Gasteiger partial charge in [0.15, 0.2) is 0 Å². The van der Waals surface area contributed by atoms with Crippen LogP contribution in [-0.4, -0.2) is 60.5 Å². The predicted molar refractivity (Wildman–Crippen MR) is 130 cm³/mol. The zero-order chi connectivity index (χ0) is 21.9. The number of rotatable bonds is 4. The number of fused-ring (bicyclic) bond motifs is 2. The van der Waals surface area contributed by atoms with Crippen molar-refractivity contribution in [3.05, 3.63) is 59.8 Å². The lowest BCUT2D eigenvalue weighted by molar-refractivity contribution is 0.153. The summed E-state index contributed by atoms with van der Waals surface area (Å²) in [6.07, 6.45) is 2.38. The van der Waals surface area contributed by atoms with Gasteiger partial charge in [-0.15, -0.1) is 0 Å². The number of aromatic amines is 1. The van der Waals surface area contributed by atoms with Crippen LogP contribution in [0.1, 0.15) is 24.1 Å². The van der Waals surface area contributed by atoms with Crippen molar-refractivity contribution in [2.45, 2.75) is 32.4 Å². The van der Waals surface area contributed by atoms with Crippen molar-refractivity contribution in [1.82, 2.24) is 15.2 Å². The summed E-state index contributed by atoms with van der Waals surface area (Å²) in [7, 11) is 0. The molecule has 5 heteroatoms. The summed E-state index contributed by atoms with van der Waals surface area (Å²) in [6.45, 7) is 8.83. The SMILES string of the molecule is Cc1cc2cc(-c3cccc(CN4CC5COCC5C4)c3)ccc2[nH]1.OCC1CCCN1. The topological polar surface area (TPSA) is 60.5 Å². The highest BCUT2D eigenvalue weighted by molar-refractivity contribution is 5.85. The molecule has 6 rings (SSSR count). The molecule has 3 unspecified atom stereocenters. The molecule has 3 aromatic rings. The van der Waals surface area contributed by atoms with E-state index in [1.807, 2.05) is 0 Å². The molecule has 3 atom stereocenters. The maximum Gasteiger partial charge on any atom is 0.0584 e. The fourth-order valence-corrected chi connectivity index (χ4v) is 5.39. The van der Waals surface area contributed by atoms with Crippen molar-refractivity contribution in [3.8, 4) is 11.1 Å². The highest BCUT2D eigenvalue weighted by Crippen LogP contribution is 2.31. The number of hydrogen-bond donors (Lipinski definition) is 3. The minimum atomic E-state index is 0.306. The van der Waals surface area contributed by atoms with Gasteiger partial charge in [-0.3, -0.25) is 4.90 Å². The van der Waals surface area contributed by atoms with Gasteiger partial charge >= 0.3 is 0 Å². The second-order valence-corrected chi connectivity index (χ2v) is 9.68. The smallest absolute Gasteiger partial charge is 0.0584 e. The molecule has 3 aliphatic rings. The van der Waals surface area contributed by atoms with Gasteiger partial charge < -0.3 is 20.1 Å². The van der Waals surface area contributed by atoms with E-state index in [-0.39, 0.29) is 0 Å². The molecule has 5 nitrogen and oxygen atoms in total. The van der Waals surface area contributed by atoms with Gasteiger partial charge in [-0.2, -0.15) is 0 Å². The Balaban J connectivity index is 0.000000265. The maximum atomic E-state index is 8.50. The Morgan fingerprint density at radius 3 is 2.56 bits per heavy atom. The molecule has 0 amide bonds. The van der Waals surface area contributed by atoms with Gasteiger partial charge in [0, 0.05) is 54.1 Å². The van der Waals surface area contributed by atoms with Crippen LogP contribution in [0.3, 0.4) is 0 Å². The normalized spacial score (nSPS) is 25.1. The van der Waals surface area contributed by atoms with Crippen LogP contribution >= 0.6 is 0 Å². The number of aliphatic hydroxyl groups excluding tert-OH is 1. The Hall–Kier alpha value is -2.18. The number of H-pyrrole nitrogens is 1. The molecule has 170 valence electrons. The highest BCUT2D eigenvalue weighted by atomic mass is 16.5. The molecule has 1 aromatic heterocycles. The molecule has 32 heavy (non-hydrogen) atoms. The van der Waals surface area contributed by atoms with E-state index in [0.717, 1.165) is 44.6 Å². The minimum absolute atomic E-state index is 0.306. The van der Waals surface area contributed by atoms with Gasteiger partial charge in [-0.05, 0) is 67.3 Å². The summed E-state index contributed by atoms with van der Waals surface area (Å²) in [5.74, 6) is 1.50. The second-order valence-electron chi connectivity index (χ2n) is 9.68. The molecule has 3 N–H and O–H groups in total. The van der Waals surface area contributed by atoms with E-state index in [1.54, 1.807) is 0 Å². The minimum Gasteiger partial charge on any atom is -0.395 e. The van der Waals surface area contributed by atoms with Crippen LogP contribution in [0.4, 0.5) is 0 Å². The first-order valence-corrected chi connectivity index (χ1v) is 12.0. The van der Waals surface area contributed by atoms with Crippen LogP contribution in [0.15, 0.2) is 48.5 Å². The molecule has 2 aromatic carbocycles. The average molecular weight is 434 g/mol. The van der Waals surface area contributed by atoms with Crippen LogP contribution in [0.2, 0.25) is 0 Å². The second kappa shape index (κ2) is 9.75. The van der Waals surface area contributed by atoms with Crippen molar-refractivity contribution in [3.63, 3.8) is 0 Å². The van der Waals surface area contributed by atoms with Crippen molar-refractivity contribution >= 4 is 10.9 Å². The van der Waals surface area contributed by atoms with Gasteiger partial charge in [-0.1, -0.05) is 24.3 Å². The number of likely N-dealkylation sites (tertiary alicyclic amines) is 1. The predicted octanol–water partition coefficient (Wildman–Crippen LogP) is 3.95. The molecular formula is C27H35N3O2. The first-order chi connectivity index (χ1) is 15.7. The third-order valence-corrected chi connectivity index (χ3v) is 7.12. The molecular weight excluding hydrogens is 398 g/mol. The molecule has 0 saturated carbocycles. The lowest BCUT2D eigenvalue weighted by Gasteiger charge is -2.17. The number of aliphatic hydroxyl groups is 1. The van der Waals surface area contributed by atoms with E-state index in [0.29, 0.717) is 12.6 Å². The van der Waals surface area contributed by atoms with Crippen LogP contribution in [-0.2, 0) is 11.3 Å². The van der Waals surface area contributed by atoms with Gasteiger partial charge in [0.25, 0.3) is 0 Å². The quantitative estimate of drug-likeness (QED) is 0.583. The fourth-order valence-electron chi connectivity index (χ4n) is 5.39. The molecule has 3 saturated heterocycles. The lowest BCUT2D eigenvalue weighted by atomic mass is 10.0. The average Bonchev–Trinajstić information content (AvgIpc) is 3.57. The largest absolute Gasteiger partial charge is 0.395 e. The summed E-state index contributed by atoms with van der Waals surface area (Å²) in [5, 5.41) is 12.9. The first-order valence-electron chi connectivity index (χ1n) is 12.0.